The number of nitrogens with one attached hydrogen (secondary N) is 3. The van der Waals surface area contributed by atoms with Gasteiger partial charge in [0.15, 0.2) is 11.5 Å². The third kappa shape index (κ3) is 5.30. The topological polar surface area (TPSA) is 130 Å². The highest BCUT2D eigenvalue weighted by molar-refractivity contribution is 6.06. The quantitative estimate of drug-likeness (QED) is 0.276. The monoisotopic (exact) mass is 497 g/mol. The van der Waals surface area contributed by atoms with Crippen LogP contribution in [0.2, 0.25) is 0 Å². The van der Waals surface area contributed by atoms with Gasteiger partial charge in [0.1, 0.15) is 11.7 Å². The number of aliphatic carboxylic acids is 1. The second-order valence-corrected chi connectivity index (χ2v) is 8.42. The van der Waals surface area contributed by atoms with Crippen LogP contribution in [-0.4, -0.2) is 40.7 Å². The van der Waals surface area contributed by atoms with E-state index in [2.05, 4.69) is 15.6 Å². The number of ether oxygens (including phenoxy) is 2. The lowest BCUT2D eigenvalue weighted by Gasteiger charge is -2.17. The molecule has 9 heteroatoms. The Morgan fingerprint density at radius 2 is 1.73 bits per heavy atom. The summed E-state index contributed by atoms with van der Waals surface area (Å²) in [5, 5.41) is 15.9. The van der Waals surface area contributed by atoms with Gasteiger partial charge in [-0.05, 0) is 47.5 Å². The molecule has 4 aromatic rings. The second kappa shape index (κ2) is 10.3. The van der Waals surface area contributed by atoms with E-state index in [1.54, 1.807) is 54.7 Å². The summed E-state index contributed by atoms with van der Waals surface area (Å²) in [5.41, 5.74) is 2.41. The summed E-state index contributed by atoms with van der Waals surface area (Å²) in [6.45, 7) is 0.0920. The molecule has 186 valence electrons. The van der Waals surface area contributed by atoms with Gasteiger partial charge in [-0.15, -0.1) is 0 Å². The molecular formula is C28H23N3O6. The molecule has 0 aliphatic carbocycles. The molecule has 37 heavy (non-hydrogen) atoms. The molecule has 0 saturated heterocycles. The summed E-state index contributed by atoms with van der Waals surface area (Å²) in [6, 6.07) is 19.8. The number of fused-ring (bicyclic) bond motifs is 2. The van der Waals surface area contributed by atoms with Crippen molar-refractivity contribution in [1.82, 2.24) is 15.6 Å². The number of carboxylic acid groups (broad SMARTS) is 1. The van der Waals surface area contributed by atoms with Crippen LogP contribution in [0.15, 0.2) is 84.7 Å². The van der Waals surface area contributed by atoms with E-state index in [-0.39, 0.29) is 18.9 Å². The number of aromatic nitrogens is 1. The normalized spacial score (nSPS) is 13.2. The van der Waals surface area contributed by atoms with E-state index in [1.165, 1.54) is 6.08 Å². The van der Waals surface area contributed by atoms with Gasteiger partial charge >= 0.3 is 5.97 Å². The number of para-hydroxylation sites is 1. The van der Waals surface area contributed by atoms with Gasteiger partial charge in [-0.1, -0.05) is 42.5 Å². The number of H-pyrrole nitrogens is 1. The maximum absolute atomic E-state index is 13.3. The largest absolute Gasteiger partial charge is 0.480 e. The van der Waals surface area contributed by atoms with E-state index >= 15 is 0 Å². The molecule has 3 aromatic carbocycles. The lowest BCUT2D eigenvalue weighted by atomic mass is 10.0. The van der Waals surface area contributed by atoms with E-state index in [0.717, 1.165) is 16.5 Å². The fraction of sp³-hybridized carbons (Fsp3) is 0.107. The van der Waals surface area contributed by atoms with Crippen molar-refractivity contribution in [2.45, 2.75) is 12.5 Å². The summed E-state index contributed by atoms with van der Waals surface area (Å²) >= 11 is 0. The van der Waals surface area contributed by atoms with Gasteiger partial charge in [-0.25, -0.2) is 4.79 Å². The highest BCUT2D eigenvalue weighted by atomic mass is 16.7. The Bertz CT molecular complexity index is 1510. The molecule has 1 atom stereocenters. The molecule has 1 aliphatic rings. The maximum atomic E-state index is 13.3. The Labute approximate surface area is 211 Å². The fourth-order valence-corrected chi connectivity index (χ4v) is 4.07. The number of hydrogen-bond acceptors (Lipinski definition) is 5. The molecular weight excluding hydrogens is 474 g/mol. The summed E-state index contributed by atoms with van der Waals surface area (Å²) in [7, 11) is 0. The third-order valence-electron chi connectivity index (χ3n) is 5.94. The van der Waals surface area contributed by atoms with Crippen molar-refractivity contribution in [3.63, 3.8) is 0 Å². The number of carbonyl (C=O) groups is 3. The van der Waals surface area contributed by atoms with Gasteiger partial charge in [0.25, 0.3) is 11.8 Å². The molecule has 0 radical (unpaired) electrons. The molecule has 0 unspecified atom stereocenters. The standard InChI is InChI=1S/C28H23N3O6/c32-26(18-6-2-1-3-7-18)30-22(12-17-10-11-24-25(13-17)37-16-36-24)27(33)31-23(28(34)35)14-19-15-29-21-9-5-4-8-20(19)21/h1-13,15,23,29H,14,16H2,(H,30,32)(H,31,33)(H,34,35)/b22-12+/t23-/m0/s1. The van der Waals surface area contributed by atoms with E-state index in [9.17, 15) is 19.5 Å². The molecule has 4 N–H and O–H groups in total. The average molecular weight is 498 g/mol. The number of carboxylic acids is 1. The minimum Gasteiger partial charge on any atom is -0.480 e. The van der Waals surface area contributed by atoms with E-state index < -0.39 is 23.8 Å². The Morgan fingerprint density at radius 1 is 0.973 bits per heavy atom. The van der Waals surface area contributed by atoms with Crippen molar-refractivity contribution < 1.29 is 29.0 Å². The third-order valence-corrected chi connectivity index (χ3v) is 5.94. The van der Waals surface area contributed by atoms with Gasteiger partial charge in [-0.3, -0.25) is 9.59 Å². The lowest BCUT2D eigenvalue weighted by molar-refractivity contribution is -0.141. The zero-order valence-corrected chi connectivity index (χ0v) is 19.6. The van der Waals surface area contributed by atoms with Crippen LogP contribution < -0.4 is 20.1 Å². The minimum atomic E-state index is -1.24. The summed E-state index contributed by atoms with van der Waals surface area (Å²) in [6.07, 6.45) is 3.24. The van der Waals surface area contributed by atoms with Crippen LogP contribution >= 0.6 is 0 Å². The Balaban J connectivity index is 1.42. The van der Waals surface area contributed by atoms with Crippen LogP contribution in [0.3, 0.4) is 0 Å². The van der Waals surface area contributed by atoms with Crippen LogP contribution in [0.25, 0.3) is 17.0 Å². The first-order valence-corrected chi connectivity index (χ1v) is 11.5. The van der Waals surface area contributed by atoms with Crippen molar-refractivity contribution in [3.8, 4) is 11.5 Å². The number of rotatable bonds is 8. The lowest BCUT2D eigenvalue weighted by Crippen LogP contribution is -2.45. The molecule has 1 aliphatic heterocycles. The zero-order chi connectivity index (χ0) is 25.8. The van der Waals surface area contributed by atoms with Crippen molar-refractivity contribution in [2.24, 2.45) is 0 Å². The van der Waals surface area contributed by atoms with Crippen LogP contribution in [0.4, 0.5) is 0 Å². The van der Waals surface area contributed by atoms with Crippen molar-refractivity contribution >= 4 is 34.8 Å². The first kappa shape index (κ1) is 23.7. The summed E-state index contributed by atoms with van der Waals surface area (Å²) in [5.74, 6) is -1.37. The van der Waals surface area contributed by atoms with Gasteiger partial charge in [0, 0.05) is 29.1 Å². The Morgan fingerprint density at radius 3 is 2.54 bits per heavy atom. The average Bonchev–Trinajstić information content (AvgIpc) is 3.55. The molecule has 9 nitrogen and oxygen atoms in total. The predicted octanol–water partition coefficient (Wildman–Crippen LogP) is 3.48. The molecule has 0 saturated carbocycles. The first-order chi connectivity index (χ1) is 18.0. The highest BCUT2D eigenvalue weighted by Crippen LogP contribution is 2.33. The second-order valence-electron chi connectivity index (χ2n) is 8.42. The molecule has 1 aromatic heterocycles. The van der Waals surface area contributed by atoms with E-state index in [1.807, 2.05) is 24.3 Å². The number of aromatic amines is 1. The van der Waals surface area contributed by atoms with Crippen molar-refractivity contribution in [3.05, 3.63) is 101 Å². The maximum Gasteiger partial charge on any atom is 0.326 e. The van der Waals surface area contributed by atoms with Gasteiger partial charge < -0.3 is 30.2 Å². The van der Waals surface area contributed by atoms with Gasteiger partial charge in [-0.2, -0.15) is 0 Å². The van der Waals surface area contributed by atoms with Crippen LogP contribution in [-0.2, 0) is 16.0 Å². The Hall–Kier alpha value is -5.05. The molecule has 0 fully saturated rings. The molecule has 5 rings (SSSR count). The van der Waals surface area contributed by atoms with Crippen LogP contribution in [0, 0.1) is 0 Å². The molecule has 2 amide bonds. The zero-order valence-electron chi connectivity index (χ0n) is 19.6. The number of hydrogen-bond donors (Lipinski definition) is 4. The predicted molar refractivity (Wildman–Crippen MR) is 136 cm³/mol. The van der Waals surface area contributed by atoms with E-state index in [4.69, 9.17) is 9.47 Å². The number of amides is 2. The summed E-state index contributed by atoms with van der Waals surface area (Å²) < 4.78 is 10.7. The molecule has 2 heterocycles. The number of carbonyl (C=O) groups excluding carboxylic acids is 2. The Kier molecular flexibility index (Phi) is 6.58. The van der Waals surface area contributed by atoms with Crippen LogP contribution in [0.5, 0.6) is 11.5 Å². The highest BCUT2D eigenvalue weighted by Gasteiger charge is 2.25. The SMILES string of the molecule is O=C(N[C@@H](Cc1c[nH]c2ccccc12)C(=O)O)/C(=C\c1ccc2c(c1)OCO2)NC(=O)c1ccccc1. The smallest absolute Gasteiger partial charge is 0.326 e. The first-order valence-electron chi connectivity index (χ1n) is 11.5. The van der Waals surface area contributed by atoms with Crippen molar-refractivity contribution in [2.75, 3.05) is 6.79 Å². The van der Waals surface area contributed by atoms with Crippen LogP contribution in [0.1, 0.15) is 21.5 Å². The fourth-order valence-electron chi connectivity index (χ4n) is 4.07. The van der Waals surface area contributed by atoms with Gasteiger partial charge in [0.2, 0.25) is 6.79 Å². The minimum absolute atomic E-state index is 0.0506. The summed E-state index contributed by atoms with van der Waals surface area (Å²) in [4.78, 5) is 41.4. The number of benzene rings is 3. The van der Waals surface area contributed by atoms with E-state index in [0.29, 0.717) is 22.6 Å². The molecule has 0 spiro atoms. The molecule has 0 bridgehead atoms. The van der Waals surface area contributed by atoms with Gasteiger partial charge in [0.05, 0.1) is 0 Å². The van der Waals surface area contributed by atoms with Crippen molar-refractivity contribution in [1.29, 1.82) is 0 Å².